The van der Waals surface area contributed by atoms with E-state index in [-0.39, 0.29) is 0 Å². The number of phenolic OH excluding ortho intramolecular Hbond substituents is 1. The summed E-state index contributed by atoms with van der Waals surface area (Å²) in [6.07, 6.45) is 4.32. The highest BCUT2D eigenvalue weighted by atomic mass is 16.5. The number of hydrogen-bond acceptors (Lipinski definition) is 3. The van der Waals surface area contributed by atoms with Crippen molar-refractivity contribution >= 4 is 0 Å². The summed E-state index contributed by atoms with van der Waals surface area (Å²) in [5, 5.41) is 9.28. The van der Waals surface area contributed by atoms with Crippen LogP contribution in [0.15, 0.2) is 48.5 Å². The molecule has 1 N–H and O–H groups in total. The first-order chi connectivity index (χ1) is 11.7. The Balaban J connectivity index is 1.79. The molecule has 0 saturated carbocycles. The molecule has 0 fully saturated rings. The van der Waals surface area contributed by atoms with Gasteiger partial charge in [0, 0.05) is 13.0 Å². The third kappa shape index (κ3) is 6.25. The first-order valence-electron chi connectivity index (χ1n) is 8.82. The predicted octanol–water partition coefficient (Wildman–Crippen LogP) is 4.76. The average molecular weight is 328 g/mol. The van der Waals surface area contributed by atoms with Gasteiger partial charge >= 0.3 is 0 Å². The Kier molecular flexibility index (Phi) is 7.63. The number of rotatable bonds is 10. The maximum Gasteiger partial charge on any atom is 0.119 e. The van der Waals surface area contributed by atoms with Gasteiger partial charge in [0.2, 0.25) is 0 Å². The van der Waals surface area contributed by atoms with Gasteiger partial charge in [-0.25, -0.2) is 0 Å². The fourth-order valence-corrected chi connectivity index (χ4v) is 2.74. The van der Waals surface area contributed by atoms with E-state index >= 15 is 0 Å². The molecule has 0 aliphatic heterocycles. The molecule has 1 unspecified atom stereocenters. The van der Waals surface area contributed by atoms with Gasteiger partial charge in [-0.1, -0.05) is 37.6 Å². The molecule has 0 saturated heterocycles. The van der Waals surface area contributed by atoms with Gasteiger partial charge in [-0.15, -0.1) is 0 Å². The minimum Gasteiger partial charge on any atom is -0.508 e. The normalized spacial score (nSPS) is 12.1. The van der Waals surface area contributed by atoms with E-state index in [9.17, 15) is 5.11 Å². The maximum absolute atomic E-state index is 9.28. The molecular formula is C21H28O3. The number of benzene rings is 2. The molecule has 3 nitrogen and oxygen atoms in total. The van der Waals surface area contributed by atoms with Gasteiger partial charge in [0.25, 0.3) is 0 Å². The molecule has 1 atom stereocenters. The number of phenols is 1. The van der Waals surface area contributed by atoms with Crippen molar-refractivity contribution in [3.63, 3.8) is 0 Å². The summed E-state index contributed by atoms with van der Waals surface area (Å²) in [5.74, 6) is 1.18. The monoisotopic (exact) mass is 328 g/mol. The smallest absolute Gasteiger partial charge is 0.119 e. The van der Waals surface area contributed by atoms with E-state index in [1.165, 1.54) is 5.56 Å². The Hall–Kier alpha value is -2.00. The Bertz CT molecular complexity index is 569. The summed E-state index contributed by atoms with van der Waals surface area (Å²) in [4.78, 5) is 0. The van der Waals surface area contributed by atoms with Crippen LogP contribution in [0.1, 0.15) is 37.8 Å². The molecule has 0 heterocycles. The third-order valence-electron chi connectivity index (χ3n) is 4.00. The second-order valence-corrected chi connectivity index (χ2v) is 5.98. The number of ether oxygens (including phenoxy) is 2. The van der Waals surface area contributed by atoms with Crippen molar-refractivity contribution in [3.05, 3.63) is 59.7 Å². The van der Waals surface area contributed by atoms with Crippen LogP contribution in [0.25, 0.3) is 0 Å². The Morgan fingerprint density at radius 1 is 0.917 bits per heavy atom. The molecule has 0 bridgehead atoms. The molecule has 0 radical (unpaired) electrons. The van der Waals surface area contributed by atoms with Gasteiger partial charge in [-0.05, 0) is 55.2 Å². The summed E-state index contributed by atoms with van der Waals surface area (Å²) in [6, 6.07) is 15.6. The van der Waals surface area contributed by atoms with Crippen molar-refractivity contribution in [2.45, 2.75) is 45.6 Å². The van der Waals surface area contributed by atoms with Crippen molar-refractivity contribution in [1.29, 1.82) is 0 Å². The van der Waals surface area contributed by atoms with E-state index in [1.54, 1.807) is 12.1 Å². The topological polar surface area (TPSA) is 38.7 Å². The van der Waals surface area contributed by atoms with Crippen molar-refractivity contribution < 1.29 is 14.6 Å². The SMILES string of the molecule is CCCC(Cc1ccc(OCCc2ccc(O)cc2)cc1)OCC. The van der Waals surface area contributed by atoms with Gasteiger partial charge in [0.15, 0.2) is 0 Å². The first kappa shape index (κ1) is 18.3. The molecule has 0 aliphatic carbocycles. The lowest BCUT2D eigenvalue weighted by atomic mass is 10.0. The molecule has 2 aromatic rings. The highest BCUT2D eigenvalue weighted by molar-refractivity contribution is 5.28. The standard InChI is InChI=1S/C21H28O3/c1-3-5-21(23-4-2)16-18-8-12-20(13-9-18)24-15-14-17-6-10-19(22)11-7-17/h6-13,21-22H,3-5,14-16H2,1-2H3. The van der Waals surface area contributed by atoms with E-state index in [0.717, 1.165) is 43.6 Å². The van der Waals surface area contributed by atoms with Crippen molar-refractivity contribution in [1.82, 2.24) is 0 Å². The highest BCUT2D eigenvalue weighted by Gasteiger charge is 2.08. The fourth-order valence-electron chi connectivity index (χ4n) is 2.74. The van der Waals surface area contributed by atoms with Crippen LogP contribution in [0, 0.1) is 0 Å². The van der Waals surface area contributed by atoms with Crippen molar-refractivity contribution in [3.8, 4) is 11.5 Å². The van der Waals surface area contributed by atoms with Crippen LogP contribution in [0.3, 0.4) is 0 Å². The Morgan fingerprint density at radius 3 is 2.21 bits per heavy atom. The molecule has 0 spiro atoms. The van der Waals surface area contributed by atoms with E-state index in [0.29, 0.717) is 18.5 Å². The maximum atomic E-state index is 9.28. The summed E-state index contributed by atoms with van der Waals surface area (Å²) < 4.78 is 11.6. The van der Waals surface area contributed by atoms with Gasteiger partial charge in [-0.2, -0.15) is 0 Å². The van der Waals surface area contributed by atoms with E-state index in [1.807, 2.05) is 31.2 Å². The van der Waals surface area contributed by atoms with Crippen molar-refractivity contribution in [2.24, 2.45) is 0 Å². The first-order valence-corrected chi connectivity index (χ1v) is 8.82. The molecule has 24 heavy (non-hydrogen) atoms. The molecule has 130 valence electrons. The molecule has 0 amide bonds. The van der Waals surface area contributed by atoms with Crippen LogP contribution in [-0.2, 0) is 17.6 Å². The van der Waals surface area contributed by atoms with Gasteiger partial charge in [0.05, 0.1) is 12.7 Å². The minimum absolute atomic E-state index is 0.295. The molecule has 2 rings (SSSR count). The van der Waals surface area contributed by atoms with Crippen LogP contribution in [0.4, 0.5) is 0 Å². The van der Waals surface area contributed by atoms with E-state index in [4.69, 9.17) is 9.47 Å². The fraction of sp³-hybridized carbons (Fsp3) is 0.429. The van der Waals surface area contributed by atoms with E-state index in [2.05, 4.69) is 19.1 Å². The quantitative estimate of drug-likeness (QED) is 0.683. The Labute approximate surface area is 145 Å². The largest absolute Gasteiger partial charge is 0.508 e. The minimum atomic E-state index is 0.295. The predicted molar refractivity (Wildman–Crippen MR) is 97.8 cm³/mol. The third-order valence-corrected chi connectivity index (χ3v) is 4.00. The second kappa shape index (κ2) is 9.99. The van der Waals surface area contributed by atoms with E-state index < -0.39 is 0 Å². The van der Waals surface area contributed by atoms with Crippen LogP contribution in [-0.4, -0.2) is 24.4 Å². The Morgan fingerprint density at radius 2 is 1.58 bits per heavy atom. The summed E-state index contributed by atoms with van der Waals surface area (Å²) >= 11 is 0. The second-order valence-electron chi connectivity index (χ2n) is 5.98. The van der Waals surface area contributed by atoms with Gasteiger partial charge in [0.1, 0.15) is 11.5 Å². The molecule has 3 heteroatoms. The van der Waals surface area contributed by atoms with Gasteiger partial charge in [-0.3, -0.25) is 0 Å². The van der Waals surface area contributed by atoms with Crippen LogP contribution in [0.5, 0.6) is 11.5 Å². The summed E-state index contributed by atoms with van der Waals surface area (Å²) in [5.41, 5.74) is 2.44. The number of aromatic hydroxyl groups is 1. The lowest BCUT2D eigenvalue weighted by molar-refractivity contribution is 0.0566. The zero-order valence-corrected chi connectivity index (χ0v) is 14.7. The molecule has 0 aliphatic rings. The zero-order chi connectivity index (χ0) is 17.2. The molecule has 2 aromatic carbocycles. The summed E-state index contributed by atoms with van der Waals surface area (Å²) in [7, 11) is 0. The molecular weight excluding hydrogens is 300 g/mol. The lowest BCUT2D eigenvalue weighted by Gasteiger charge is -2.16. The summed E-state index contributed by atoms with van der Waals surface area (Å²) in [6.45, 7) is 5.63. The highest BCUT2D eigenvalue weighted by Crippen LogP contribution is 2.17. The van der Waals surface area contributed by atoms with Crippen LogP contribution < -0.4 is 4.74 Å². The average Bonchev–Trinajstić information content (AvgIpc) is 2.59. The van der Waals surface area contributed by atoms with Crippen molar-refractivity contribution in [2.75, 3.05) is 13.2 Å². The van der Waals surface area contributed by atoms with Crippen LogP contribution >= 0.6 is 0 Å². The zero-order valence-electron chi connectivity index (χ0n) is 14.7. The number of hydrogen-bond donors (Lipinski definition) is 1. The van der Waals surface area contributed by atoms with Gasteiger partial charge < -0.3 is 14.6 Å². The van der Waals surface area contributed by atoms with Crippen LogP contribution in [0.2, 0.25) is 0 Å². The molecule has 0 aromatic heterocycles. The lowest BCUT2D eigenvalue weighted by Crippen LogP contribution is -2.15.